The lowest BCUT2D eigenvalue weighted by Crippen LogP contribution is -2.40. The molecule has 1 aromatic carbocycles. The van der Waals surface area contributed by atoms with Crippen LogP contribution in [0.5, 0.6) is 11.5 Å². The van der Waals surface area contributed by atoms with Crippen LogP contribution >= 0.6 is 15.9 Å². The first-order chi connectivity index (χ1) is 11.1. The smallest absolute Gasteiger partial charge is 0.254 e. The van der Waals surface area contributed by atoms with E-state index in [2.05, 4.69) is 21.2 Å². The average molecular weight is 385 g/mol. The van der Waals surface area contributed by atoms with Crippen LogP contribution in [0, 0.1) is 0 Å². The largest absolute Gasteiger partial charge is 0.493 e. The van der Waals surface area contributed by atoms with Crippen LogP contribution in [-0.2, 0) is 0 Å². The normalized spacial score (nSPS) is 17.4. The van der Waals surface area contributed by atoms with Gasteiger partial charge in [0.25, 0.3) is 5.91 Å². The number of methoxy groups -OCH3 is 1. The maximum atomic E-state index is 12.9. The van der Waals surface area contributed by atoms with Crippen LogP contribution in [0.3, 0.4) is 0 Å². The molecule has 128 valence electrons. The lowest BCUT2D eigenvalue weighted by Gasteiger charge is -2.25. The summed E-state index contributed by atoms with van der Waals surface area (Å²) in [6.45, 7) is 4.28. The molecule has 5 nitrogen and oxygen atoms in total. The van der Waals surface area contributed by atoms with Gasteiger partial charge < -0.3 is 19.7 Å². The minimum absolute atomic E-state index is 0.0452. The van der Waals surface area contributed by atoms with E-state index >= 15 is 0 Å². The number of rotatable bonds is 7. The first kappa shape index (κ1) is 18.1. The number of ether oxygens (including phenoxy) is 2. The van der Waals surface area contributed by atoms with Crippen molar-refractivity contribution in [2.45, 2.75) is 32.2 Å². The van der Waals surface area contributed by atoms with Crippen LogP contribution in [0.4, 0.5) is 0 Å². The van der Waals surface area contributed by atoms with Gasteiger partial charge in [0, 0.05) is 24.7 Å². The number of likely N-dealkylation sites (tertiary alicyclic amines) is 1. The highest BCUT2D eigenvalue weighted by Crippen LogP contribution is 2.37. The minimum Gasteiger partial charge on any atom is -0.493 e. The number of benzene rings is 1. The van der Waals surface area contributed by atoms with E-state index in [-0.39, 0.29) is 11.9 Å². The average Bonchev–Trinajstić information content (AvgIpc) is 3.01. The molecule has 1 atom stereocenters. The van der Waals surface area contributed by atoms with Crippen LogP contribution in [0.25, 0.3) is 0 Å². The number of carbonyl (C=O) groups is 1. The van der Waals surface area contributed by atoms with Gasteiger partial charge in [-0.15, -0.1) is 0 Å². The quantitative estimate of drug-likeness (QED) is 0.784. The molecular weight excluding hydrogens is 360 g/mol. The summed E-state index contributed by atoms with van der Waals surface area (Å²) in [6.07, 6.45) is 3.01. The Morgan fingerprint density at radius 3 is 2.91 bits per heavy atom. The second-order valence-electron chi connectivity index (χ2n) is 5.69. The predicted octanol–water partition coefficient (Wildman–Crippen LogP) is 3.07. The fraction of sp³-hybridized carbons (Fsp3) is 0.588. The molecule has 1 N–H and O–H groups in total. The summed E-state index contributed by atoms with van der Waals surface area (Å²) in [7, 11) is 3.51. The standard InChI is InChI=1S/C17H25BrN2O3/c1-4-8-23-16-14(18)9-12(10-15(16)22-3)17(21)20-7-5-6-13(20)11-19-2/h9-10,13,19H,4-8,11H2,1-3H3. The van der Waals surface area contributed by atoms with Crippen molar-refractivity contribution in [3.63, 3.8) is 0 Å². The molecule has 0 aromatic heterocycles. The molecule has 23 heavy (non-hydrogen) atoms. The highest BCUT2D eigenvalue weighted by molar-refractivity contribution is 9.10. The summed E-state index contributed by atoms with van der Waals surface area (Å²) in [5.74, 6) is 1.28. The Hall–Kier alpha value is -1.27. The Kier molecular flexibility index (Phi) is 6.72. The fourth-order valence-electron chi connectivity index (χ4n) is 2.90. The SMILES string of the molecule is CCCOc1c(Br)cc(C(=O)N2CCCC2CNC)cc1OC. The lowest BCUT2D eigenvalue weighted by molar-refractivity contribution is 0.0736. The van der Waals surface area contributed by atoms with Crippen molar-refractivity contribution in [3.05, 3.63) is 22.2 Å². The third-order valence-corrected chi connectivity index (χ3v) is 4.59. The zero-order valence-corrected chi connectivity index (χ0v) is 15.6. The van der Waals surface area contributed by atoms with E-state index in [0.717, 1.165) is 36.8 Å². The van der Waals surface area contributed by atoms with E-state index in [1.54, 1.807) is 13.2 Å². The molecule has 1 heterocycles. The molecule has 6 heteroatoms. The third kappa shape index (κ3) is 4.18. The summed E-state index contributed by atoms with van der Waals surface area (Å²) in [5.41, 5.74) is 0.626. The number of likely N-dealkylation sites (N-methyl/N-ethyl adjacent to an activating group) is 1. The number of nitrogens with one attached hydrogen (secondary N) is 1. The van der Waals surface area contributed by atoms with Gasteiger partial charge in [-0.25, -0.2) is 0 Å². The van der Waals surface area contributed by atoms with Gasteiger partial charge in [0.15, 0.2) is 11.5 Å². The molecule has 0 aliphatic carbocycles. The molecule has 2 rings (SSSR count). The first-order valence-corrected chi connectivity index (χ1v) is 8.87. The summed E-state index contributed by atoms with van der Waals surface area (Å²) in [4.78, 5) is 14.8. The van der Waals surface area contributed by atoms with Gasteiger partial charge in [-0.2, -0.15) is 0 Å². The minimum atomic E-state index is 0.0452. The number of nitrogens with zero attached hydrogens (tertiary/aromatic N) is 1. The van der Waals surface area contributed by atoms with Crippen LogP contribution < -0.4 is 14.8 Å². The highest BCUT2D eigenvalue weighted by atomic mass is 79.9. The summed E-state index contributed by atoms with van der Waals surface area (Å²) in [5, 5.41) is 3.16. The molecular formula is C17H25BrN2O3. The van der Waals surface area contributed by atoms with Crippen molar-refractivity contribution in [3.8, 4) is 11.5 Å². The summed E-state index contributed by atoms with van der Waals surface area (Å²) < 4.78 is 11.9. The second-order valence-corrected chi connectivity index (χ2v) is 6.54. The maximum Gasteiger partial charge on any atom is 0.254 e. The van der Waals surface area contributed by atoms with E-state index in [1.807, 2.05) is 24.9 Å². The molecule has 0 radical (unpaired) electrons. The number of carbonyl (C=O) groups excluding carboxylic acids is 1. The van der Waals surface area contributed by atoms with Gasteiger partial charge in [-0.3, -0.25) is 4.79 Å². The zero-order valence-electron chi connectivity index (χ0n) is 14.0. The molecule has 0 bridgehead atoms. The molecule has 1 aromatic rings. The van der Waals surface area contributed by atoms with Crippen molar-refractivity contribution in [1.82, 2.24) is 10.2 Å². The van der Waals surface area contributed by atoms with Crippen LogP contribution in [-0.4, -0.2) is 50.7 Å². The highest BCUT2D eigenvalue weighted by Gasteiger charge is 2.29. The molecule has 1 aliphatic heterocycles. The van der Waals surface area contributed by atoms with E-state index in [9.17, 15) is 4.79 Å². The van der Waals surface area contributed by atoms with Gasteiger partial charge in [0.05, 0.1) is 18.2 Å². The Balaban J connectivity index is 2.25. The Morgan fingerprint density at radius 1 is 1.48 bits per heavy atom. The van der Waals surface area contributed by atoms with E-state index in [4.69, 9.17) is 9.47 Å². The molecule has 1 saturated heterocycles. The number of halogens is 1. The van der Waals surface area contributed by atoms with Crippen molar-refractivity contribution in [2.75, 3.05) is 33.9 Å². The van der Waals surface area contributed by atoms with Gasteiger partial charge in [-0.1, -0.05) is 6.92 Å². The molecule has 1 unspecified atom stereocenters. The fourth-order valence-corrected chi connectivity index (χ4v) is 3.46. The summed E-state index contributed by atoms with van der Waals surface area (Å²) >= 11 is 3.50. The van der Waals surface area contributed by atoms with Crippen LogP contribution in [0.1, 0.15) is 36.5 Å². The van der Waals surface area contributed by atoms with Gasteiger partial charge >= 0.3 is 0 Å². The van der Waals surface area contributed by atoms with Gasteiger partial charge in [-0.05, 0) is 54.4 Å². The predicted molar refractivity (Wildman–Crippen MR) is 94.5 cm³/mol. The lowest BCUT2D eigenvalue weighted by atomic mass is 10.1. The number of amides is 1. The molecule has 1 fully saturated rings. The molecule has 1 amide bonds. The Bertz CT molecular complexity index is 551. The van der Waals surface area contributed by atoms with E-state index in [0.29, 0.717) is 23.7 Å². The second kappa shape index (κ2) is 8.55. The van der Waals surface area contributed by atoms with Gasteiger partial charge in [0.2, 0.25) is 0 Å². The summed E-state index contributed by atoms with van der Waals surface area (Å²) in [6, 6.07) is 3.85. The Labute approximate surface area is 146 Å². The topological polar surface area (TPSA) is 50.8 Å². The van der Waals surface area contributed by atoms with Crippen molar-refractivity contribution in [2.24, 2.45) is 0 Å². The van der Waals surface area contributed by atoms with Crippen molar-refractivity contribution < 1.29 is 14.3 Å². The number of hydrogen-bond donors (Lipinski definition) is 1. The Morgan fingerprint density at radius 2 is 2.26 bits per heavy atom. The third-order valence-electron chi connectivity index (χ3n) is 4.00. The maximum absolute atomic E-state index is 12.9. The monoisotopic (exact) mass is 384 g/mol. The molecule has 1 aliphatic rings. The van der Waals surface area contributed by atoms with Crippen LogP contribution in [0.15, 0.2) is 16.6 Å². The number of hydrogen-bond acceptors (Lipinski definition) is 4. The molecule has 0 saturated carbocycles. The first-order valence-electron chi connectivity index (χ1n) is 8.08. The van der Waals surface area contributed by atoms with Gasteiger partial charge in [0.1, 0.15) is 0 Å². The molecule has 0 spiro atoms. The van der Waals surface area contributed by atoms with Crippen molar-refractivity contribution in [1.29, 1.82) is 0 Å². The van der Waals surface area contributed by atoms with E-state index in [1.165, 1.54) is 0 Å². The van der Waals surface area contributed by atoms with E-state index < -0.39 is 0 Å². The van der Waals surface area contributed by atoms with Crippen LogP contribution in [0.2, 0.25) is 0 Å². The van der Waals surface area contributed by atoms with Crippen molar-refractivity contribution >= 4 is 21.8 Å². The zero-order chi connectivity index (χ0) is 16.8.